The Morgan fingerprint density at radius 2 is 1.09 bits per heavy atom. The maximum atomic E-state index is 14.0. The maximum Gasteiger partial charge on any atom is 0.250 e. The molecule has 0 bridgehead atoms. The van der Waals surface area contributed by atoms with Crippen molar-refractivity contribution in [2.24, 2.45) is 0 Å². The Balaban J connectivity index is 0.000000194. The third kappa shape index (κ3) is 13.1. The molecule has 0 aromatic heterocycles. The number of fused-ring (bicyclic) bond motifs is 2. The summed E-state index contributed by atoms with van der Waals surface area (Å²) in [5.41, 5.74) is 4.67. The molecule has 4 aromatic carbocycles. The van der Waals surface area contributed by atoms with Gasteiger partial charge in [-0.1, -0.05) is 41.4 Å². The lowest BCUT2D eigenvalue weighted by Gasteiger charge is -2.36. The molecule has 15 heteroatoms. The van der Waals surface area contributed by atoms with Crippen LogP contribution in [-0.2, 0) is 9.59 Å². The van der Waals surface area contributed by atoms with Gasteiger partial charge in [0.25, 0.3) is 11.8 Å². The minimum absolute atomic E-state index is 0.0736. The number of nitrogens with zero attached hydrogens (tertiary/aromatic N) is 4. The summed E-state index contributed by atoms with van der Waals surface area (Å²) >= 11 is 12.5. The predicted octanol–water partition coefficient (Wildman–Crippen LogP) is 7.83. The van der Waals surface area contributed by atoms with Crippen molar-refractivity contribution in [3.8, 4) is 23.0 Å². The highest BCUT2D eigenvalue weighted by Crippen LogP contribution is 2.34. The minimum Gasteiger partial charge on any atom is -0.497 e. The summed E-state index contributed by atoms with van der Waals surface area (Å²) in [6, 6.07) is 23.9. The first-order valence-electron chi connectivity index (χ1n) is 22.4. The molecular formula is C50H59Cl2FN6O6. The van der Waals surface area contributed by atoms with E-state index in [4.69, 9.17) is 42.1 Å². The molecule has 0 spiro atoms. The summed E-state index contributed by atoms with van der Waals surface area (Å²) in [6.45, 7) is 11.2. The average Bonchev–Trinajstić information content (AvgIpc) is 3.34. The molecule has 0 aliphatic carbocycles. The molecule has 2 fully saturated rings. The van der Waals surface area contributed by atoms with Crippen molar-refractivity contribution >= 4 is 58.5 Å². The number of carbonyl (C=O) groups is 2. The number of benzene rings is 4. The fourth-order valence-electron chi connectivity index (χ4n) is 8.25. The van der Waals surface area contributed by atoms with Crippen LogP contribution in [0.2, 0.25) is 10.0 Å². The second-order valence-electron chi connectivity index (χ2n) is 16.3. The predicted molar refractivity (Wildman–Crippen MR) is 258 cm³/mol. The molecule has 0 atom stereocenters. The smallest absolute Gasteiger partial charge is 0.250 e. The molecule has 8 rings (SSSR count). The summed E-state index contributed by atoms with van der Waals surface area (Å²) in [6.07, 6.45) is 7.64. The molecule has 346 valence electrons. The Hall–Kier alpha value is -5.47. The Kier molecular flexibility index (Phi) is 17.3. The van der Waals surface area contributed by atoms with Crippen LogP contribution in [0.25, 0.3) is 12.2 Å². The van der Waals surface area contributed by atoms with E-state index in [-0.39, 0.29) is 30.8 Å². The number of para-hydroxylation sites is 1. The van der Waals surface area contributed by atoms with E-state index in [1.807, 2.05) is 78.9 Å². The van der Waals surface area contributed by atoms with Crippen molar-refractivity contribution in [2.75, 3.05) is 116 Å². The molecule has 2 amide bonds. The van der Waals surface area contributed by atoms with Gasteiger partial charge < -0.3 is 39.4 Å². The van der Waals surface area contributed by atoms with E-state index in [2.05, 4.69) is 30.2 Å². The van der Waals surface area contributed by atoms with Gasteiger partial charge in [-0.25, -0.2) is 4.39 Å². The molecule has 0 unspecified atom stereocenters. The lowest BCUT2D eigenvalue weighted by molar-refractivity contribution is -0.118. The number of halogens is 3. The van der Waals surface area contributed by atoms with Gasteiger partial charge in [-0.2, -0.15) is 0 Å². The van der Waals surface area contributed by atoms with Gasteiger partial charge in [-0.05, 0) is 112 Å². The Bertz CT molecular complexity index is 2310. The van der Waals surface area contributed by atoms with Crippen molar-refractivity contribution in [3.63, 3.8) is 0 Å². The maximum absolute atomic E-state index is 14.0. The van der Waals surface area contributed by atoms with Crippen LogP contribution in [0, 0.1) is 5.82 Å². The van der Waals surface area contributed by atoms with Crippen molar-refractivity contribution in [1.29, 1.82) is 0 Å². The van der Waals surface area contributed by atoms with E-state index in [0.29, 0.717) is 40.0 Å². The van der Waals surface area contributed by atoms with Crippen LogP contribution in [0.4, 0.5) is 15.8 Å². The van der Waals surface area contributed by atoms with E-state index in [1.54, 1.807) is 20.3 Å². The lowest BCUT2D eigenvalue weighted by Crippen LogP contribution is -2.47. The quantitative estimate of drug-likeness (QED) is 0.108. The number of rotatable bonds is 16. The zero-order valence-corrected chi connectivity index (χ0v) is 38.8. The zero-order valence-electron chi connectivity index (χ0n) is 37.3. The van der Waals surface area contributed by atoms with Gasteiger partial charge in [0.05, 0.1) is 46.8 Å². The van der Waals surface area contributed by atoms with Crippen LogP contribution < -0.4 is 39.4 Å². The van der Waals surface area contributed by atoms with Gasteiger partial charge in [0.2, 0.25) is 0 Å². The Labute approximate surface area is 391 Å². The van der Waals surface area contributed by atoms with Gasteiger partial charge in [0, 0.05) is 76.6 Å². The minimum atomic E-state index is -0.155. The second-order valence-corrected chi connectivity index (χ2v) is 17.1. The average molecular weight is 930 g/mol. The number of hydrogen-bond donors (Lipinski definition) is 2. The highest BCUT2D eigenvalue weighted by atomic mass is 35.5. The topological polar surface area (TPSA) is 108 Å². The SMILES string of the molecule is COc1ccc2c(c1)C=C(C(=O)NCCCCN1CCN(c3cccc(Cl)c3Cl)CC1)CO2.COc1ccc2c(c1)C=C(C(=O)NCCCCN1CCN(c3ccccc3F)CC1)CO2. The monoisotopic (exact) mass is 928 g/mol. The number of hydrogen-bond acceptors (Lipinski definition) is 10. The number of amides is 2. The third-order valence-corrected chi connectivity index (χ3v) is 12.8. The standard InChI is InChI=1S/C25H29Cl2N3O3.C25H30FN3O3/c1-32-20-7-8-23-18(16-20)15-19(17-33-23)25(31)28-9-2-3-10-29-11-13-30(14-12-29)22-6-4-5-21(26)24(22)27;1-31-21-8-9-24-19(17-21)16-20(18-32-24)25(30)27-10-4-5-11-28-12-14-29(15-13-28)23-7-3-2-6-22(23)26/h4-8,15-16H,2-3,9-14,17H2,1H3,(H,28,31);2-3,6-9,16-17H,4-5,10-15,18H2,1H3,(H,27,30). The van der Waals surface area contributed by atoms with Crippen molar-refractivity contribution in [3.05, 3.63) is 117 Å². The largest absolute Gasteiger partial charge is 0.497 e. The van der Waals surface area contributed by atoms with E-state index < -0.39 is 0 Å². The molecule has 4 aliphatic heterocycles. The zero-order chi connectivity index (χ0) is 45.5. The number of carbonyl (C=O) groups excluding carboxylic acids is 2. The first-order chi connectivity index (χ1) is 31.7. The first kappa shape index (κ1) is 47.5. The fraction of sp³-hybridized carbons (Fsp3) is 0.400. The number of nitrogens with one attached hydrogen (secondary N) is 2. The molecule has 2 N–H and O–H groups in total. The number of anilines is 2. The lowest BCUT2D eigenvalue weighted by atomic mass is 10.1. The molecular weight excluding hydrogens is 870 g/mol. The molecule has 2 saturated heterocycles. The van der Waals surface area contributed by atoms with Crippen LogP contribution in [0.1, 0.15) is 36.8 Å². The van der Waals surface area contributed by atoms with Gasteiger partial charge in [0.15, 0.2) is 0 Å². The molecule has 4 aliphatic rings. The van der Waals surface area contributed by atoms with Gasteiger partial charge >= 0.3 is 0 Å². The second kappa shape index (κ2) is 23.6. The van der Waals surface area contributed by atoms with Crippen molar-refractivity contribution in [1.82, 2.24) is 20.4 Å². The van der Waals surface area contributed by atoms with Crippen LogP contribution in [-0.4, -0.2) is 128 Å². The van der Waals surface area contributed by atoms with Crippen LogP contribution in [0.3, 0.4) is 0 Å². The summed E-state index contributed by atoms with van der Waals surface area (Å²) < 4.78 is 35.9. The molecule has 12 nitrogen and oxygen atoms in total. The third-order valence-electron chi connectivity index (χ3n) is 12.0. The normalized spacial score (nSPS) is 16.0. The first-order valence-corrected chi connectivity index (χ1v) is 23.2. The highest BCUT2D eigenvalue weighted by molar-refractivity contribution is 6.43. The van der Waals surface area contributed by atoms with E-state index in [1.165, 1.54) is 6.07 Å². The Morgan fingerprint density at radius 1 is 0.615 bits per heavy atom. The van der Waals surface area contributed by atoms with Crippen LogP contribution >= 0.6 is 23.2 Å². The number of unbranched alkanes of at least 4 members (excludes halogenated alkanes) is 2. The summed E-state index contributed by atoms with van der Waals surface area (Å²) in [4.78, 5) is 34.3. The molecule has 65 heavy (non-hydrogen) atoms. The molecule has 4 aromatic rings. The van der Waals surface area contributed by atoms with Crippen LogP contribution in [0.5, 0.6) is 23.0 Å². The fourth-order valence-corrected chi connectivity index (χ4v) is 8.66. The van der Waals surface area contributed by atoms with Crippen molar-refractivity contribution < 1.29 is 32.9 Å². The van der Waals surface area contributed by atoms with Crippen molar-refractivity contribution in [2.45, 2.75) is 25.7 Å². The summed E-state index contributed by atoms with van der Waals surface area (Å²) in [5.74, 6) is 2.69. The van der Waals surface area contributed by atoms with E-state index in [0.717, 1.165) is 131 Å². The Morgan fingerprint density at radius 3 is 1.58 bits per heavy atom. The van der Waals surface area contributed by atoms with Crippen LogP contribution in [0.15, 0.2) is 90.0 Å². The highest BCUT2D eigenvalue weighted by Gasteiger charge is 2.22. The molecule has 0 saturated carbocycles. The number of methoxy groups -OCH3 is 2. The number of piperazine rings is 2. The van der Waals surface area contributed by atoms with Gasteiger partial charge in [-0.15, -0.1) is 0 Å². The van der Waals surface area contributed by atoms with E-state index in [9.17, 15) is 14.0 Å². The van der Waals surface area contributed by atoms with E-state index >= 15 is 0 Å². The number of ether oxygens (including phenoxy) is 4. The molecule has 4 heterocycles. The summed E-state index contributed by atoms with van der Waals surface area (Å²) in [5, 5.41) is 7.24. The summed E-state index contributed by atoms with van der Waals surface area (Å²) in [7, 11) is 3.24. The molecule has 0 radical (unpaired) electrons. The van der Waals surface area contributed by atoms with Gasteiger partial charge in [-0.3, -0.25) is 19.4 Å². The van der Waals surface area contributed by atoms with Gasteiger partial charge in [0.1, 0.15) is 42.0 Å².